The van der Waals surface area contributed by atoms with Crippen molar-refractivity contribution in [3.63, 3.8) is 0 Å². The van der Waals surface area contributed by atoms with Gasteiger partial charge in [-0.3, -0.25) is 4.79 Å². The molecule has 0 unspecified atom stereocenters. The average molecular weight is 290 g/mol. The quantitative estimate of drug-likeness (QED) is 0.875. The number of hydrogen-bond acceptors (Lipinski definition) is 3. The Morgan fingerprint density at radius 1 is 1.29 bits per heavy atom. The summed E-state index contributed by atoms with van der Waals surface area (Å²) < 4.78 is 5.34. The van der Waals surface area contributed by atoms with E-state index in [-0.39, 0.29) is 11.4 Å². The van der Waals surface area contributed by atoms with E-state index in [4.69, 9.17) is 4.74 Å². The van der Waals surface area contributed by atoms with Crippen LogP contribution in [0.3, 0.4) is 0 Å². The van der Waals surface area contributed by atoms with Crippen LogP contribution >= 0.6 is 0 Å². The first-order valence-corrected chi connectivity index (χ1v) is 7.72. The second-order valence-corrected chi connectivity index (χ2v) is 6.02. The molecule has 0 bridgehead atoms. The normalized spacial score (nSPS) is 17.3. The Kier molecular flexibility index (Phi) is 5.23. The molecule has 2 rings (SSSR count). The number of amides is 1. The summed E-state index contributed by atoms with van der Waals surface area (Å²) in [4.78, 5) is 12.4. The molecule has 0 heterocycles. The molecule has 1 aliphatic rings. The standard InChI is InChI=1S/C17H26N2O2/c1-13-7-8-14(15(11-13)21-3)19-16(20)12-17(18-2)9-5-4-6-10-17/h7-8,11,18H,4-6,9-10,12H2,1-3H3,(H,19,20). The molecule has 1 aromatic rings. The lowest BCUT2D eigenvalue weighted by Gasteiger charge is -2.36. The predicted octanol–water partition coefficient (Wildman–Crippen LogP) is 3.25. The lowest BCUT2D eigenvalue weighted by Crippen LogP contribution is -2.47. The summed E-state index contributed by atoms with van der Waals surface area (Å²) in [6.45, 7) is 2.01. The number of hydrogen-bond donors (Lipinski definition) is 2. The summed E-state index contributed by atoms with van der Waals surface area (Å²) in [5.74, 6) is 0.763. The highest BCUT2D eigenvalue weighted by atomic mass is 16.5. The maximum absolute atomic E-state index is 12.4. The van der Waals surface area contributed by atoms with E-state index in [1.807, 2.05) is 32.2 Å². The zero-order chi connectivity index (χ0) is 15.3. The van der Waals surface area contributed by atoms with Crippen LogP contribution in [0.15, 0.2) is 18.2 Å². The van der Waals surface area contributed by atoms with Gasteiger partial charge in [0.25, 0.3) is 0 Å². The summed E-state index contributed by atoms with van der Waals surface area (Å²) in [7, 11) is 3.59. The fraction of sp³-hybridized carbons (Fsp3) is 0.588. The Hall–Kier alpha value is -1.55. The highest BCUT2D eigenvalue weighted by molar-refractivity contribution is 5.93. The molecule has 0 aliphatic heterocycles. The minimum Gasteiger partial charge on any atom is -0.495 e. The zero-order valence-corrected chi connectivity index (χ0v) is 13.3. The first kappa shape index (κ1) is 15.8. The molecule has 21 heavy (non-hydrogen) atoms. The van der Waals surface area contributed by atoms with Gasteiger partial charge >= 0.3 is 0 Å². The Labute approximate surface area is 127 Å². The smallest absolute Gasteiger partial charge is 0.226 e. The van der Waals surface area contributed by atoms with Gasteiger partial charge in [-0.05, 0) is 44.5 Å². The predicted molar refractivity (Wildman–Crippen MR) is 85.9 cm³/mol. The van der Waals surface area contributed by atoms with Crippen molar-refractivity contribution < 1.29 is 9.53 Å². The summed E-state index contributed by atoms with van der Waals surface area (Å²) in [5.41, 5.74) is 1.82. The van der Waals surface area contributed by atoms with Crippen molar-refractivity contribution in [2.75, 3.05) is 19.5 Å². The van der Waals surface area contributed by atoms with E-state index in [9.17, 15) is 4.79 Å². The van der Waals surface area contributed by atoms with Crippen LogP contribution in [0.4, 0.5) is 5.69 Å². The molecular weight excluding hydrogens is 264 g/mol. The van der Waals surface area contributed by atoms with Crippen LogP contribution < -0.4 is 15.4 Å². The second kappa shape index (κ2) is 6.94. The molecule has 1 amide bonds. The van der Waals surface area contributed by atoms with Gasteiger partial charge < -0.3 is 15.4 Å². The van der Waals surface area contributed by atoms with Gasteiger partial charge in [0.15, 0.2) is 0 Å². The van der Waals surface area contributed by atoms with Crippen LogP contribution in [-0.4, -0.2) is 25.6 Å². The molecule has 0 spiro atoms. The topological polar surface area (TPSA) is 50.4 Å². The first-order valence-electron chi connectivity index (χ1n) is 7.72. The number of nitrogens with one attached hydrogen (secondary N) is 2. The SMILES string of the molecule is CNC1(CC(=O)Nc2ccc(C)cc2OC)CCCCC1. The van der Waals surface area contributed by atoms with Gasteiger partial charge in [0.05, 0.1) is 12.8 Å². The first-order chi connectivity index (χ1) is 10.1. The van der Waals surface area contributed by atoms with Gasteiger partial charge in [-0.1, -0.05) is 25.3 Å². The summed E-state index contributed by atoms with van der Waals surface area (Å²) >= 11 is 0. The number of methoxy groups -OCH3 is 1. The molecular formula is C17H26N2O2. The van der Waals surface area contributed by atoms with E-state index in [1.54, 1.807) is 7.11 Å². The van der Waals surface area contributed by atoms with Gasteiger partial charge in [0, 0.05) is 12.0 Å². The van der Waals surface area contributed by atoms with Crippen LogP contribution in [0.1, 0.15) is 44.1 Å². The number of aryl methyl sites for hydroxylation is 1. The Bertz CT molecular complexity index is 494. The van der Waals surface area contributed by atoms with Crippen LogP contribution in [0.2, 0.25) is 0 Å². The van der Waals surface area contributed by atoms with Crippen molar-refractivity contribution in [2.45, 2.75) is 51.0 Å². The van der Waals surface area contributed by atoms with Crippen molar-refractivity contribution in [1.29, 1.82) is 0 Å². The fourth-order valence-corrected chi connectivity index (χ4v) is 3.15. The maximum Gasteiger partial charge on any atom is 0.226 e. The van der Waals surface area contributed by atoms with Gasteiger partial charge in [-0.25, -0.2) is 0 Å². The molecule has 1 aromatic carbocycles. The van der Waals surface area contributed by atoms with Crippen LogP contribution in [0.5, 0.6) is 5.75 Å². The Morgan fingerprint density at radius 2 is 2.00 bits per heavy atom. The van der Waals surface area contributed by atoms with Crippen molar-refractivity contribution in [1.82, 2.24) is 5.32 Å². The summed E-state index contributed by atoms with van der Waals surface area (Å²) in [6.07, 6.45) is 6.32. The highest BCUT2D eigenvalue weighted by Gasteiger charge is 2.32. The van der Waals surface area contributed by atoms with Crippen LogP contribution in [0, 0.1) is 6.92 Å². The molecule has 1 aliphatic carbocycles. The third-order valence-corrected chi connectivity index (χ3v) is 4.47. The molecule has 0 saturated heterocycles. The summed E-state index contributed by atoms with van der Waals surface area (Å²) in [5, 5.41) is 6.37. The summed E-state index contributed by atoms with van der Waals surface area (Å²) in [6, 6.07) is 5.82. The second-order valence-electron chi connectivity index (χ2n) is 6.02. The monoisotopic (exact) mass is 290 g/mol. The van der Waals surface area contributed by atoms with Crippen molar-refractivity contribution in [2.24, 2.45) is 0 Å². The van der Waals surface area contributed by atoms with Crippen molar-refractivity contribution >= 4 is 11.6 Å². The lowest BCUT2D eigenvalue weighted by molar-refractivity contribution is -0.117. The third-order valence-electron chi connectivity index (χ3n) is 4.47. The Balaban J connectivity index is 2.04. The molecule has 2 N–H and O–H groups in total. The molecule has 0 aromatic heterocycles. The molecule has 4 heteroatoms. The highest BCUT2D eigenvalue weighted by Crippen LogP contribution is 2.32. The van der Waals surface area contributed by atoms with Gasteiger partial charge in [0.1, 0.15) is 5.75 Å². The maximum atomic E-state index is 12.4. The molecule has 0 atom stereocenters. The largest absolute Gasteiger partial charge is 0.495 e. The third kappa shape index (κ3) is 3.97. The van der Waals surface area contributed by atoms with Gasteiger partial charge in [0.2, 0.25) is 5.91 Å². The lowest BCUT2D eigenvalue weighted by atomic mass is 9.79. The van der Waals surface area contributed by atoms with Crippen LogP contribution in [-0.2, 0) is 4.79 Å². The number of benzene rings is 1. The van der Waals surface area contributed by atoms with Gasteiger partial charge in [-0.2, -0.15) is 0 Å². The Morgan fingerprint density at radius 3 is 2.62 bits per heavy atom. The number of anilines is 1. The average Bonchev–Trinajstić information content (AvgIpc) is 2.50. The van der Waals surface area contributed by atoms with E-state index in [0.717, 1.165) is 24.1 Å². The fourth-order valence-electron chi connectivity index (χ4n) is 3.15. The van der Waals surface area contributed by atoms with E-state index >= 15 is 0 Å². The zero-order valence-electron chi connectivity index (χ0n) is 13.3. The molecule has 4 nitrogen and oxygen atoms in total. The molecule has 1 fully saturated rings. The minimum absolute atomic E-state index is 0.0414. The van der Waals surface area contributed by atoms with Crippen LogP contribution in [0.25, 0.3) is 0 Å². The molecule has 0 radical (unpaired) electrons. The number of ether oxygens (including phenoxy) is 1. The van der Waals surface area contributed by atoms with Crippen molar-refractivity contribution in [3.8, 4) is 5.75 Å². The number of carbonyl (C=O) groups excluding carboxylic acids is 1. The molecule has 1 saturated carbocycles. The van der Waals surface area contributed by atoms with E-state index in [1.165, 1.54) is 19.3 Å². The van der Waals surface area contributed by atoms with E-state index in [0.29, 0.717) is 12.2 Å². The number of carbonyl (C=O) groups is 1. The van der Waals surface area contributed by atoms with Gasteiger partial charge in [-0.15, -0.1) is 0 Å². The minimum atomic E-state index is -0.0414. The van der Waals surface area contributed by atoms with E-state index < -0.39 is 0 Å². The van der Waals surface area contributed by atoms with Crippen molar-refractivity contribution in [3.05, 3.63) is 23.8 Å². The number of rotatable bonds is 5. The van der Waals surface area contributed by atoms with E-state index in [2.05, 4.69) is 10.6 Å². The molecule has 116 valence electrons.